The molecule has 7 heteroatoms. The summed E-state index contributed by atoms with van der Waals surface area (Å²) in [6.45, 7) is 11.1. The van der Waals surface area contributed by atoms with E-state index in [9.17, 15) is 9.59 Å². The molecule has 0 amide bonds. The van der Waals surface area contributed by atoms with Crippen molar-refractivity contribution in [3.63, 3.8) is 0 Å². The van der Waals surface area contributed by atoms with Gasteiger partial charge in [0, 0.05) is 14.9 Å². The molecule has 0 spiro atoms. The number of halogens is 1. The summed E-state index contributed by atoms with van der Waals surface area (Å²) in [5.74, 6) is -0.347. The fourth-order valence-corrected chi connectivity index (χ4v) is 5.42. The van der Waals surface area contributed by atoms with Gasteiger partial charge in [-0.05, 0) is 72.1 Å². The number of ether oxygens (including phenoxy) is 2. The number of ketones is 1. The lowest BCUT2D eigenvalue weighted by atomic mass is 9.84. The minimum atomic E-state index is -1.06. The Morgan fingerprint density at radius 2 is 1.87 bits per heavy atom. The van der Waals surface area contributed by atoms with Crippen LogP contribution in [0.25, 0.3) is 16.1 Å². The normalized spacial score (nSPS) is 20.2. The van der Waals surface area contributed by atoms with Crippen LogP contribution in [0.5, 0.6) is 0 Å². The third-order valence-corrected chi connectivity index (χ3v) is 7.12. The van der Waals surface area contributed by atoms with E-state index in [0.29, 0.717) is 11.3 Å². The first-order valence-corrected chi connectivity index (χ1v) is 12.0. The molecule has 1 aliphatic carbocycles. The van der Waals surface area contributed by atoms with Gasteiger partial charge in [0.1, 0.15) is 16.2 Å². The van der Waals surface area contributed by atoms with Gasteiger partial charge in [-0.1, -0.05) is 22.0 Å². The molecule has 0 N–H and O–H groups in total. The second-order valence-electron chi connectivity index (χ2n) is 9.23. The molecule has 1 aromatic heterocycles. The Morgan fingerprint density at radius 1 is 1.19 bits per heavy atom. The van der Waals surface area contributed by atoms with Crippen LogP contribution in [0, 0.1) is 19.8 Å². The molecule has 1 aliphatic heterocycles. The van der Waals surface area contributed by atoms with Crippen molar-refractivity contribution >= 4 is 44.6 Å². The van der Waals surface area contributed by atoms with Crippen molar-refractivity contribution in [2.45, 2.75) is 65.6 Å². The first-order valence-electron chi connectivity index (χ1n) is 10.4. The van der Waals surface area contributed by atoms with Gasteiger partial charge in [0.25, 0.3) is 0 Å². The van der Waals surface area contributed by atoms with Gasteiger partial charge in [0.2, 0.25) is 0 Å². The molecule has 0 atom stereocenters. The number of Topliss-reactive ketones (excluding diaryl/α,β-unsaturated/α-hetero) is 1. The second-order valence-corrected chi connectivity index (χ2v) is 11.4. The standard InChI is InChI=1S/C24H26BrNO4S/c1-12-11-15(25)9-10-16(12)21-26-18(13(2)31-21)17-19(27)23(3,4)30-24(5,6)20(17)29-22(28)14-7-8-14/h9-11,14H,7-8H2,1-6H3. The van der Waals surface area contributed by atoms with Crippen LogP contribution in [-0.4, -0.2) is 27.9 Å². The smallest absolute Gasteiger partial charge is 0.314 e. The number of thiazole rings is 1. The van der Waals surface area contributed by atoms with Gasteiger partial charge in [0.15, 0.2) is 11.5 Å². The Balaban J connectivity index is 1.89. The van der Waals surface area contributed by atoms with Gasteiger partial charge in [-0.2, -0.15) is 0 Å². The highest BCUT2D eigenvalue weighted by Gasteiger charge is 2.50. The molecule has 31 heavy (non-hydrogen) atoms. The number of aryl methyl sites for hydroxylation is 2. The lowest BCUT2D eigenvalue weighted by molar-refractivity contribution is -0.166. The number of esters is 1. The molecule has 0 bridgehead atoms. The Morgan fingerprint density at radius 3 is 2.48 bits per heavy atom. The van der Waals surface area contributed by atoms with Crippen LogP contribution >= 0.6 is 27.3 Å². The first-order chi connectivity index (χ1) is 14.4. The molecule has 1 aromatic carbocycles. The summed E-state index contributed by atoms with van der Waals surface area (Å²) in [4.78, 5) is 31.8. The molecule has 0 unspecified atom stereocenters. The number of hydrogen-bond acceptors (Lipinski definition) is 6. The first kappa shape index (κ1) is 22.4. The summed E-state index contributed by atoms with van der Waals surface area (Å²) >= 11 is 5.03. The highest BCUT2D eigenvalue weighted by molar-refractivity contribution is 9.10. The molecule has 0 radical (unpaired) electrons. The van der Waals surface area contributed by atoms with Crippen LogP contribution in [0.1, 0.15) is 56.7 Å². The average molecular weight is 504 g/mol. The van der Waals surface area contributed by atoms with Gasteiger partial charge < -0.3 is 9.47 Å². The van der Waals surface area contributed by atoms with E-state index >= 15 is 0 Å². The molecule has 1 saturated carbocycles. The third-order valence-electron chi connectivity index (χ3n) is 5.62. The zero-order valence-corrected chi connectivity index (χ0v) is 21.0. The van der Waals surface area contributed by atoms with Gasteiger partial charge in [-0.3, -0.25) is 9.59 Å². The maximum absolute atomic E-state index is 13.5. The predicted octanol–water partition coefficient (Wildman–Crippen LogP) is 6.01. The molecule has 2 aromatic rings. The SMILES string of the molecule is Cc1cc(Br)ccc1-c1nc(C2=C(OC(=O)C3CC3)C(C)(C)OC(C)(C)C2=O)c(C)s1. The Labute approximate surface area is 195 Å². The maximum Gasteiger partial charge on any atom is 0.314 e. The average Bonchev–Trinajstić information content (AvgIpc) is 3.43. The van der Waals surface area contributed by atoms with E-state index in [0.717, 1.165) is 38.3 Å². The highest BCUT2D eigenvalue weighted by atomic mass is 79.9. The number of nitrogens with zero attached hydrogens (tertiary/aromatic N) is 1. The van der Waals surface area contributed by atoms with Crippen LogP contribution < -0.4 is 0 Å². The van der Waals surface area contributed by atoms with Crippen molar-refractivity contribution in [3.05, 3.63) is 44.6 Å². The van der Waals surface area contributed by atoms with E-state index in [2.05, 4.69) is 15.9 Å². The van der Waals surface area contributed by atoms with E-state index in [1.165, 1.54) is 11.3 Å². The minimum Gasteiger partial charge on any atom is -0.427 e. The molecule has 4 rings (SSSR count). The van der Waals surface area contributed by atoms with Crippen molar-refractivity contribution in [3.8, 4) is 10.6 Å². The number of benzene rings is 1. The predicted molar refractivity (Wildman–Crippen MR) is 125 cm³/mol. The number of hydrogen-bond donors (Lipinski definition) is 0. The lowest BCUT2D eigenvalue weighted by Gasteiger charge is -2.41. The lowest BCUT2D eigenvalue weighted by Crippen LogP contribution is -2.50. The third kappa shape index (κ3) is 4.15. The summed E-state index contributed by atoms with van der Waals surface area (Å²) in [5, 5.41) is 0.827. The molecule has 164 valence electrons. The van der Waals surface area contributed by atoms with Crippen molar-refractivity contribution in [2.75, 3.05) is 0 Å². The zero-order chi connectivity index (χ0) is 22.7. The van der Waals surface area contributed by atoms with E-state index in [1.54, 1.807) is 13.8 Å². The van der Waals surface area contributed by atoms with Crippen molar-refractivity contribution in [1.82, 2.24) is 4.98 Å². The van der Waals surface area contributed by atoms with Crippen molar-refractivity contribution in [2.24, 2.45) is 5.92 Å². The summed E-state index contributed by atoms with van der Waals surface area (Å²) < 4.78 is 12.9. The quantitative estimate of drug-likeness (QED) is 0.477. The van der Waals surface area contributed by atoms with E-state index in [1.807, 2.05) is 45.9 Å². The Kier molecular flexibility index (Phi) is 5.51. The van der Waals surface area contributed by atoms with E-state index < -0.39 is 11.2 Å². The Hall–Kier alpha value is -1.83. The summed E-state index contributed by atoms with van der Waals surface area (Å²) in [7, 11) is 0. The van der Waals surface area contributed by atoms with Crippen LogP contribution in [-0.2, 0) is 19.1 Å². The summed E-state index contributed by atoms with van der Waals surface area (Å²) in [5.41, 5.74) is 1.01. The molecule has 0 saturated heterocycles. The van der Waals surface area contributed by atoms with E-state index in [-0.39, 0.29) is 23.4 Å². The number of carbonyl (C=O) groups is 2. The minimum absolute atomic E-state index is 0.0907. The van der Waals surface area contributed by atoms with Crippen molar-refractivity contribution < 1.29 is 19.1 Å². The molecule has 1 fully saturated rings. The van der Waals surface area contributed by atoms with Gasteiger partial charge in [-0.25, -0.2) is 4.98 Å². The summed E-state index contributed by atoms with van der Waals surface area (Å²) in [6.07, 6.45) is 1.65. The summed E-state index contributed by atoms with van der Waals surface area (Å²) in [6, 6.07) is 6.04. The highest BCUT2D eigenvalue weighted by Crippen LogP contribution is 2.45. The fourth-order valence-electron chi connectivity index (χ4n) is 3.94. The second kappa shape index (κ2) is 7.64. The van der Waals surface area contributed by atoms with Crippen molar-refractivity contribution in [1.29, 1.82) is 0 Å². The molecular formula is C24H26BrNO4S. The van der Waals surface area contributed by atoms with Gasteiger partial charge in [-0.15, -0.1) is 11.3 Å². The zero-order valence-electron chi connectivity index (χ0n) is 18.6. The van der Waals surface area contributed by atoms with Crippen LogP contribution in [0.2, 0.25) is 0 Å². The number of aromatic nitrogens is 1. The topological polar surface area (TPSA) is 65.5 Å². The fraction of sp³-hybridized carbons (Fsp3) is 0.458. The maximum atomic E-state index is 13.5. The molecule has 5 nitrogen and oxygen atoms in total. The molecule has 2 aliphatic rings. The largest absolute Gasteiger partial charge is 0.427 e. The van der Waals surface area contributed by atoms with E-state index in [4.69, 9.17) is 14.5 Å². The van der Waals surface area contributed by atoms with Crippen LogP contribution in [0.3, 0.4) is 0 Å². The van der Waals surface area contributed by atoms with Gasteiger partial charge >= 0.3 is 5.97 Å². The number of rotatable bonds is 4. The molecule has 2 heterocycles. The van der Waals surface area contributed by atoms with Crippen LogP contribution in [0.4, 0.5) is 0 Å². The van der Waals surface area contributed by atoms with Gasteiger partial charge in [0.05, 0.1) is 17.2 Å². The number of carbonyl (C=O) groups excluding carboxylic acids is 2. The monoisotopic (exact) mass is 503 g/mol. The van der Waals surface area contributed by atoms with Crippen LogP contribution in [0.15, 0.2) is 28.4 Å². The Bertz CT molecular complexity index is 1120. The molecular weight excluding hydrogens is 478 g/mol.